The second-order valence-electron chi connectivity index (χ2n) is 6.66. The van der Waals surface area contributed by atoms with Gasteiger partial charge in [-0.2, -0.15) is 0 Å². The number of oxazole rings is 1. The van der Waals surface area contributed by atoms with Crippen molar-refractivity contribution in [1.82, 2.24) is 4.98 Å². The first-order valence-electron chi connectivity index (χ1n) is 9.14. The summed E-state index contributed by atoms with van der Waals surface area (Å²) >= 11 is 6.01. The lowest BCUT2D eigenvalue weighted by Gasteiger charge is -2.09. The highest BCUT2D eigenvalue weighted by Crippen LogP contribution is 2.33. The maximum Gasteiger partial charge on any atom is 0.255 e. The van der Waals surface area contributed by atoms with Gasteiger partial charge in [0.15, 0.2) is 5.58 Å². The van der Waals surface area contributed by atoms with Crippen molar-refractivity contribution in [1.29, 1.82) is 0 Å². The Morgan fingerprint density at radius 1 is 0.897 bits per heavy atom. The molecule has 0 aliphatic heterocycles. The zero-order valence-electron chi connectivity index (χ0n) is 15.2. The van der Waals surface area contributed by atoms with E-state index in [4.69, 9.17) is 16.0 Å². The van der Waals surface area contributed by atoms with E-state index in [1.165, 1.54) is 0 Å². The number of halogens is 1. The highest BCUT2D eigenvalue weighted by Gasteiger charge is 2.16. The standard InChI is InChI=1S/C24H15ClN2O2/c25-17-8-5-7-16(14-17)23(28)26-20-11-4-3-10-19(20)24-27-21-13-12-15-6-1-2-9-18(15)22(21)29-24/h1-14H,(H,26,28). The SMILES string of the molecule is O=C(Nc1ccccc1-c1nc2ccc3ccccc3c2o1)c1cccc(Cl)c1. The lowest BCUT2D eigenvalue weighted by Crippen LogP contribution is -2.12. The van der Waals surface area contributed by atoms with Crippen LogP contribution in [0.4, 0.5) is 5.69 Å². The predicted molar refractivity (Wildman–Crippen MR) is 116 cm³/mol. The zero-order chi connectivity index (χ0) is 19.8. The van der Waals surface area contributed by atoms with Gasteiger partial charge in [0.1, 0.15) is 5.52 Å². The van der Waals surface area contributed by atoms with Crippen molar-refractivity contribution in [2.24, 2.45) is 0 Å². The summed E-state index contributed by atoms with van der Waals surface area (Å²) in [6.45, 7) is 0. The minimum absolute atomic E-state index is 0.249. The lowest BCUT2D eigenvalue weighted by molar-refractivity contribution is 0.102. The molecule has 0 aliphatic rings. The molecule has 5 rings (SSSR count). The summed E-state index contributed by atoms with van der Waals surface area (Å²) < 4.78 is 6.13. The number of nitrogens with zero attached hydrogens (tertiary/aromatic N) is 1. The summed E-state index contributed by atoms with van der Waals surface area (Å²) in [6, 6.07) is 26.3. The number of carbonyl (C=O) groups is 1. The first-order valence-corrected chi connectivity index (χ1v) is 9.51. The van der Waals surface area contributed by atoms with Crippen molar-refractivity contribution >= 4 is 45.1 Å². The molecule has 1 N–H and O–H groups in total. The number of anilines is 1. The number of hydrogen-bond acceptors (Lipinski definition) is 3. The van der Waals surface area contributed by atoms with Gasteiger partial charge in [0.2, 0.25) is 5.89 Å². The Bertz CT molecular complexity index is 1370. The van der Waals surface area contributed by atoms with Crippen molar-refractivity contribution in [2.45, 2.75) is 0 Å². The van der Waals surface area contributed by atoms with E-state index in [1.807, 2.05) is 60.7 Å². The molecule has 0 saturated heterocycles. The maximum atomic E-state index is 12.7. The molecule has 0 atom stereocenters. The van der Waals surface area contributed by atoms with Crippen molar-refractivity contribution in [3.8, 4) is 11.5 Å². The second-order valence-corrected chi connectivity index (χ2v) is 7.10. The number of para-hydroxylation sites is 1. The number of hydrogen-bond donors (Lipinski definition) is 1. The fraction of sp³-hybridized carbons (Fsp3) is 0. The topological polar surface area (TPSA) is 55.1 Å². The summed E-state index contributed by atoms with van der Waals surface area (Å²) in [4.78, 5) is 17.3. The average molecular weight is 399 g/mol. The fourth-order valence-electron chi connectivity index (χ4n) is 3.37. The van der Waals surface area contributed by atoms with Crippen LogP contribution in [0.1, 0.15) is 10.4 Å². The van der Waals surface area contributed by atoms with Crippen LogP contribution in [-0.2, 0) is 0 Å². The second kappa shape index (κ2) is 7.08. The molecule has 1 aromatic heterocycles. The molecule has 0 fully saturated rings. The monoisotopic (exact) mass is 398 g/mol. The highest BCUT2D eigenvalue weighted by molar-refractivity contribution is 6.31. The molecule has 1 heterocycles. The van der Waals surface area contributed by atoms with Crippen LogP contribution in [0.2, 0.25) is 5.02 Å². The number of amides is 1. The minimum atomic E-state index is -0.249. The summed E-state index contributed by atoms with van der Waals surface area (Å²) in [6.07, 6.45) is 0. The zero-order valence-corrected chi connectivity index (χ0v) is 16.0. The Morgan fingerprint density at radius 2 is 1.72 bits per heavy atom. The van der Waals surface area contributed by atoms with E-state index in [0.717, 1.165) is 21.9 Å². The summed E-state index contributed by atoms with van der Waals surface area (Å²) in [7, 11) is 0. The van der Waals surface area contributed by atoms with Crippen LogP contribution in [0.3, 0.4) is 0 Å². The van der Waals surface area contributed by atoms with E-state index in [9.17, 15) is 4.79 Å². The lowest BCUT2D eigenvalue weighted by atomic mass is 10.1. The summed E-state index contributed by atoms with van der Waals surface area (Å²) in [5, 5.41) is 5.54. The van der Waals surface area contributed by atoms with Gasteiger partial charge in [0.05, 0.1) is 11.3 Å². The molecule has 29 heavy (non-hydrogen) atoms. The van der Waals surface area contributed by atoms with E-state index in [0.29, 0.717) is 27.7 Å². The third-order valence-electron chi connectivity index (χ3n) is 4.77. The van der Waals surface area contributed by atoms with Gasteiger partial charge in [0, 0.05) is 16.0 Å². The van der Waals surface area contributed by atoms with Crippen molar-refractivity contribution in [3.05, 3.63) is 95.5 Å². The van der Waals surface area contributed by atoms with E-state index < -0.39 is 0 Å². The molecule has 0 aliphatic carbocycles. The molecular weight excluding hydrogens is 384 g/mol. The molecule has 0 saturated carbocycles. The molecule has 1 amide bonds. The Kier molecular flexibility index (Phi) is 4.26. The van der Waals surface area contributed by atoms with Gasteiger partial charge in [-0.25, -0.2) is 4.98 Å². The molecule has 0 unspecified atom stereocenters. The predicted octanol–water partition coefficient (Wildman–Crippen LogP) is 6.55. The molecule has 0 bridgehead atoms. The Balaban J connectivity index is 1.57. The van der Waals surface area contributed by atoms with Gasteiger partial charge in [-0.15, -0.1) is 0 Å². The number of nitrogens with one attached hydrogen (secondary N) is 1. The molecule has 5 aromatic rings. The molecular formula is C24H15ClN2O2. The van der Waals surface area contributed by atoms with Crippen LogP contribution < -0.4 is 5.32 Å². The van der Waals surface area contributed by atoms with Crippen LogP contribution in [-0.4, -0.2) is 10.9 Å². The van der Waals surface area contributed by atoms with Gasteiger partial charge < -0.3 is 9.73 Å². The third kappa shape index (κ3) is 3.24. The van der Waals surface area contributed by atoms with Gasteiger partial charge in [-0.3, -0.25) is 4.79 Å². The summed E-state index contributed by atoms with van der Waals surface area (Å²) in [5.74, 6) is 0.208. The number of benzene rings is 4. The van der Waals surface area contributed by atoms with Crippen LogP contribution in [0.5, 0.6) is 0 Å². The number of aromatic nitrogens is 1. The largest absolute Gasteiger partial charge is 0.435 e. The van der Waals surface area contributed by atoms with E-state index in [-0.39, 0.29) is 5.91 Å². The van der Waals surface area contributed by atoms with Gasteiger partial charge in [0.25, 0.3) is 5.91 Å². The van der Waals surface area contributed by atoms with Gasteiger partial charge in [-0.05, 0) is 41.8 Å². The molecule has 4 nitrogen and oxygen atoms in total. The van der Waals surface area contributed by atoms with Crippen molar-refractivity contribution in [3.63, 3.8) is 0 Å². The van der Waals surface area contributed by atoms with Crippen LogP contribution in [0.25, 0.3) is 33.3 Å². The smallest absolute Gasteiger partial charge is 0.255 e. The Hall–Kier alpha value is -3.63. The van der Waals surface area contributed by atoms with Gasteiger partial charge >= 0.3 is 0 Å². The molecule has 5 heteroatoms. The van der Waals surface area contributed by atoms with Crippen molar-refractivity contribution < 1.29 is 9.21 Å². The fourth-order valence-corrected chi connectivity index (χ4v) is 3.56. The number of fused-ring (bicyclic) bond motifs is 3. The Morgan fingerprint density at radius 3 is 2.62 bits per heavy atom. The molecule has 0 radical (unpaired) electrons. The number of rotatable bonds is 3. The third-order valence-corrected chi connectivity index (χ3v) is 5.01. The van der Waals surface area contributed by atoms with E-state index in [2.05, 4.69) is 10.3 Å². The van der Waals surface area contributed by atoms with Crippen LogP contribution in [0.15, 0.2) is 89.3 Å². The number of carbonyl (C=O) groups excluding carboxylic acids is 1. The minimum Gasteiger partial charge on any atom is -0.435 e. The summed E-state index contributed by atoms with van der Waals surface area (Å²) in [5.41, 5.74) is 3.32. The maximum absolute atomic E-state index is 12.7. The van der Waals surface area contributed by atoms with Crippen molar-refractivity contribution in [2.75, 3.05) is 5.32 Å². The van der Waals surface area contributed by atoms with E-state index >= 15 is 0 Å². The van der Waals surface area contributed by atoms with Crippen LogP contribution in [0, 0.1) is 0 Å². The van der Waals surface area contributed by atoms with Gasteiger partial charge in [-0.1, -0.05) is 60.1 Å². The molecule has 140 valence electrons. The van der Waals surface area contributed by atoms with Crippen LogP contribution >= 0.6 is 11.6 Å². The molecule has 4 aromatic carbocycles. The normalized spacial score (nSPS) is 11.1. The molecule has 0 spiro atoms. The van der Waals surface area contributed by atoms with E-state index in [1.54, 1.807) is 24.3 Å². The first kappa shape index (κ1) is 17.5. The quantitative estimate of drug-likeness (QED) is 0.374. The average Bonchev–Trinajstić information content (AvgIpc) is 3.19. The highest BCUT2D eigenvalue weighted by atomic mass is 35.5. The first-order chi connectivity index (χ1) is 14.2. The Labute approximate surface area is 171 Å².